The Bertz CT molecular complexity index is 1170. The summed E-state index contributed by atoms with van der Waals surface area (Å²) >= 11 is 12.1. The van der Waals surface area contributed by atoms with Crippen molar-refractivity contribution in [1.82, 2.24) is 5.32 Å². The van der Waals surface area contributed by atoms with Crippen molar-refractivity contribution in [2.75, 3.05) is 10.8 Å². The van der Waals surface area contributed by atoms with E-state index in [9.17, 15) is 13.2 Å². The molecule has 0 aliphatic rings. The summed E-state index contributed by atoms with van der Waals surface area (Å²) in [5, 5.41) is 3.34. The molecule has 1 amide bonds. The van der Waals surface area contributed by atoms with Crippen LogP contribution in [0, 0.1) is 6.92 Å². The Morgan fingerprint density at radius 1 is 0.968 bits per heavy atom. The van der Waals surface area contributed by atoms with E-state index in [2.05, 4.69) is 5.32 Å². The smallest absolute Gasteiger partial charge is 0.264 e. The van der Waals surface area contributed by atoms with Crippen LogP contribution in [0.15, 0.2) is 77.7 Å². The van der Waals surface area contributed by atoms with Gasteiger partial charge in [-0.25, -0.2) is 8.42 Å². The molecule has 3 aromatic carbocycles. The molecule has 162 valence electrons. The fourth-order valence-corrected chi connectivity index (χ4v) is 4.74. The van der Waals surface area contributed by atoms with Crippen LogP contribution in [0.2, 0.25) is 10.0 Å². The van der Waals surface area contributed by atoms with E-state index >= 15 is 0 Å². The van der Waals surface area contributed by atoms with Crippen molar-refractivity contribution in [2.45, 2.75) is 24.8 Å². The topological polar surface area (TPSA) is 66.5 Å². The maximum Gasteiger partial charge on any atom is 0.264 e. The summed E-state index contributed by atoms with van der Waals surface area (Å²) in [4.78, 5) is 12.9. The molecule has 0 saturated heterocycles. The summed E-state index contributed by atoms with van der Waals surface area (Å²) in [7, 11) is -4.03. The van der Waals surface area contributed by atoms with Gasteiger partial charge in [0.25, 0.3) is 10.0 Å². The van der Waals surface area contributed by atoms with E-state index in [1.54, 1.807) is 12.1 Å². The molecule has 1 atom stereocenters. The zero-order chi connectivity index (χ0) is 22.6. The first-order chi connectivity index (χ1) is 14.7. The van der Waals surface area contributed by atoms with Crippen molar-refractivity contribution in [3.63, 3.8) is 0 Å². The molecule has 0 aliphatic carbocycles. The number of carbonyl (C=O) groups is 1. The number of hydrogen-bond donors (Lipinski definition) is 1. The molecule has 5 nitrogen and oxygen atoms in total. The van der Waals surface area contributed by atoms with Crippen molar-refractivity contribution >= 4 is 44.8 Å². The van der Waals surface area contributed by atoms with Crippen molar-refractivity contribution in [1.29, 1.82) is 0 Å². The predicted octanol–water partition coefficient (Wildman–Crippen LogP) is 5.37. The maximum atomic E-state index is 13.4. The number of benzene rings is 3. The van der Waals surface area contributed by atoms with Gasteiger partial charge in [-0.1, -0.05) is 71.2 Å². The van der Waals surface area contributed by atoms with Gasteiger partial charge in [-0.15, -0.1) is 0 Å². The lowest BCUT2D eigenvalue weighted by molar-refractivity contribution is -0.120. The fraction of sp³-hybridized carbons (Fsp3) is 0.174. The van der Waals surface area contributed by atoms with Gasteiger partial charge in [-0.05, 0) is 49.7 Å². The van der Waals surface area contributed by atoms with Crippen molar-refractivity contribution in [3.8, 4) is 0 Å². The van der Waals surface area contributed by atoms with Gasteiger partial charge >= 0.3 is 0 Å². The molecular weight excluding hydrogens is 455 g/mol. The molecule has 31 heavy (non-hydrogen) atoms. The molecule has 0 unspecified atom stereocenters. The predicted molar refractivity (Wildman–Crippen MR) is 125 cm³/mol. The zero-order valence-corrected chi connectivity index (χ0v) is 19.4. The summed E-state index contributed by atoms with van der Waals surface area (Å²) in [5.74, 6) is -0.446. The van der Waals surface area contributed by atoms with E-state index in [4.69, 9.17) is 23.2 Å². The first-order valence-corrected chi connectivity index (χ1v) is 11.8. The monoisotopic (exact) mass is 476 g/mol. The van der Waals surface area contributed by atoms with E-state index in [0.29, 0.717) is 5.02 Å². The van der Waals surface area contributed by atoms with Gasteiger partial charge in [-0.3, -0.25) is 9.10 Å². The lowest BCUT2D eigenvalue weighted by atomic mass is 10.1. The molecule has 0 radical (unpaired) electrons. The summed E-state index contributed by atoms with van der Waals surface area (Å²) in [6.45, 7) is 3.29. The fourth-order valence-electron chi connectivity index (χ4n) is 3.04. The molecule has 0 aromatic heterocycles. The van der Waals surface area contributed by atoms with Gasteiger partial charge in [0.1, 0.15) is 6.54 Å². The molecule has 8 heteroatoms. The summed E-state index contributed by atoms with van der Waals surface area (Å²) in [6, 6.07) is 20.0. The summed E-state index contributed by atoms with van der Waals surface area (Å²) < 4.78 is 27.8. The van der Waals surface area contributed by atoms with Gasteiger partial charge in [0.2, 0.25) is 5.91 Å². The highest BCUT2D eigenvalue weighted by Crippen LogP contribution is 2.30. The number of halogens is 2. The number of carbonyl (C=O) groups excluding carboxylic acids is 1. The highest BCUT2D eigenvalue weighted by atomic mass is 35.5. The second-order valence-electron chi connectivity index (χ2n) is 7.12. The van der Waals surface area contributed by atoms with E-state index in [-0.39, 0.29) is 21.6 Å². The Morgan fingerprint density at radius 3 is 2.23 bits per heavy atom. The Morgan fingerprint density at radius 2 is 1.61 bits per heavy atom. The minimum absolute atomic E-state index is 0.0769. The third-order valence-corrected chi connectivity index (χ3v) is 7.29. The second-order valence-corrected chi connectivity index (χ2v) is 9.80. The number of anilines is 1. The van der Waals surface area contributed by atoms with Gasteiger partial charge < -0.3 is 5.32 Å². The van der Waals surface area contributed by atoms with Gasteiger partial charge in [0.05, 0.1) is 26.7 Å². The van der Waals surface area contributed by atoms with Crippen LogP contribution in [-0.2, 0) is 14.8 Å². The second kappa shape index (κ2) is 9.73. The number of aryl methyl sites for hydroxylation is 1. The van der Waals surface area contributed by atoms with Crippen LogP contribution in [0.25, 0.3) is 0 Å². The van der Waals surface area contributed by atoms with Crippen molar-refractivity contribution in [2.24, 2.45) is 0 Å². The molecule has 3 aromatic rings. The molecule has 0 bridgehead atoms. The minimum atomic E-state index is -4.03. The maximum absolute atomic E-state index is 13.4. The lowest BCUT2D eigenvalue weighted by Crippen LogP contribution is -2.41. The van der Waals surface area contributed by atoms with Crippen LogP contribution in [0.1, 0.15) is 24.1 Å². The highest BCUT2D eigenvalue weighted by Gasteiger charge is 2.28. The van der Waals surface area contributed by atoms with Gasteiger partial charge in [0.15, 0.2) is 0 Å². The number of nitrogens with one attached hydrogen (secondary N) is 1. The SMILES string of the molecule is Cc1ccc(S(=O)(=O)N(CC(=O)N[C@H](C)c2ccccc2)c2ccc(Cl)c(Cl)c2)cc1. The first kappa shape index (κ1) is 23.1. The zero-order valence-electron chi connectivity index (χ0n) is 17.0. The Hall–Kier alpha value is -2.54. The molecule has 0 saturated carbocycles. The van der Waals surface area contributed by atoms with Crippen molar-refractivity contribution < 1.29 is 13.2 Å². The number of sulfonamides is 1. The van der Waals surface area contributed by atoms with Crippen LogP contribution in [0.4, 0.5) is 5.69 Å². The Kier molecular flexibility index (Phi) is 7.26. The molecular formula is C23H22Cl2N2O3S. The van der Waals surface area contributed by atoms with Gasteiger partial charge in [-0.2, -0.15) is 0 Å². The summed E-state index contributed by atoms with van der Waals surface area (Å²) in [6.07, 6.45) is 0. The van der Waals surface area contributed by atoms with Crippen LogP contribution in [-0.4, -0.2) is 20.9 Å². The number of rotatable bonds is 7. The molecule has 0 fully saturated rings. The standard InChI is InChI=1S/C23H22Cl2N2O3S/c1-16-8-11-20(12-9-16)31(29,30)27(19-10-13-21(24)22(25)14-19)15-23(28)26-17(2)18-6-4-3-5-7-18/h3-14,17H,15H2,1-2H3,(H,26,28)/t17-/m1/s1. The number of hydrogen-bond acceptors (Lipinski definition) is 3. The van der Waals surface area contributed by atoms with E-state index < -0.39 is 22.5 Å². The largest absolute Gasteiger partial charge is 0.348 e. The molecule has 1 N–H and O–H groups in total. The van der Waals surface area contributed by atoms with E-state index in [0.717, 1.165) is 15.4 Å². The normalized spacial score (nSPS) is 12.3. The highest BCUT2D eigenvalue weighted by molar-refractivity contribution is 7.92. The average Bonchev–Trinajstić information content (AvgIpc) is 2.75. The Labute approximate surface area is 192 Å². The average molecular weight is 477 g/mol. The van der Waals surface area contributed by atoms with E-state index in [1.165, 1.54) is 30.3 Å². The first-order valence-electron chi connectivity index (χ1n) is 9.57. The van der Waals surface area contributed by atoms with E-state index in [1.807, 2.05) is 44.2 Å². The van der Waals surface area contributed by atoms with Crippen LogP contribution in [0.5, 0.6) is 0 Å². The number of amides is 1. The Balaban J connectivity index is 1.93. The quantitative estimate of drug-likeness (QED) is 0.497. The molecule has 0 aliphatic heterocycles. The van der Waals surface area contributed by atoms with Crippen LogP contribution >= 0.6 is 23.2 Å². The van der Waals surface area contributed by atoms with Gasteiger partial charge in [0, 0.05) is 0 Å². The van der Waals surface area contributed by atoms with Crippen molar-refractivity contribution in [3.05, 3.63) is 94.0 Å². The minimum Gasteiger partial charge on any atom is -0.348 e. The lowest BCUT2D eigenvalue weighted by Gasteiger charge is -2.25. The molecule has 3 rings (SSSR count). The van der Waals surface area contributed by atoms with Crippen LogP contribution < -0.4 is 9.62 Å². The summed E-state index contributed by atoms with van der Waals surface area (Å²) in [5.41, 5.74) is 2.09. The molecule has 0 spiro atoms. The third-order valence-electron chi connectivity index (χ3n) is 4.76. The number of nitrogens with zero attached hydrogens (tertiary/aromatic N) is 1. The van der Waals surface area contributed by atoms with Crippen LogP contribution in [0.3, 0.4) is 0 Å². The molecule has 0 heterocycles. The third kappa shape index (κ3) is 5.58.